The molecule has 0 saturated carbocycles. The molecule has 1 fully saturated rings. The molecule has 2 N–H and O–H groups in total. The Morgan fingerprint density at radius 1 is 1.12 bits per heavy atom. The third-order valence-corrected chi connectivity index (χ3v) is 10.3. The summed E-state index contributed by atoms with van der Waals surface area (Å²) < 4.78 is 45.8. The van der Waals surface area contributed by atoms with Crippen molar-refractivity contribution in [1.29, 1.82) is 0 Å². The number of hydrogen-bond donors (Lipinski definition) is 2. The van der Waals surface area contributed by atoms with E-state index in [0.717, 1.165) is 11.1 Å². The van der Waals surface area contributed by atoms with Crippen LogP contribution in [0.25, 0.3) is 22.4 Å². The highest BCUT2D eigenvalue weighted by atomic mass is 127. The van der Waals surface area contributed by atoms with Gasteiger partial charge in [0.25, 0.3) is 5.91 Å². The van der Waals surface area contributed by atoms with Crippen LogP contribution in [0.15, 0.2) is 65.1 Å². The Hall–Kier alpha value is -4.02. The van der Waals surface area contributed by atoms with Crippen molar-refractivity contribution in [3.05, 3.63) is 80.9 Å². The van der Waals surface area contributed by atoms with Crippen LogP contribution in [0.3, 0.4) is 0 Å². The Labute approximate surface area is 292 Å². The van der Waals surface area contributed by atoms with E-state index in [9.17, 15) is 22.8 Å². The number of nitrogens with one attached hydrogen (secondary N) is 2. The number of carbonyl (C=O) groups is 3. The van der Waals surface area contributed by atoms with Crippen LogP contribution in [0.4, 0.5) is 10.6 Å². The Balaban J connectivity index is 1.24. The first-order valence-electron chi connectivity index (χ1n) is 15.5. The molecule has 3 heterocycles. The Kier molecular flexibility index (Phi) is 11.4. The average Bonchev–Trinajstić information content (AvgIpc) is 3.61. The second kappa shape index (κ2) is 15.5. The third kappa shape index (κ3) is 8.15. The lowest BCUT2D eigenvalue weighted by Gasteiger charge is -2.24. The summed E-state index contributed by atoms with van der Waals surface area (Å²) in [7, 11) is -0.843. The van der Waals surface area contributed by atoms with Gasteiger partial charge in [-0.25, -0.2) is 18.1 Å². The van der Waals surface area contributed by atoms with Crippen LogP contribution < -0.4 is 10.0 Å². The molecule has 0 aliphatic carbocycles. The molecule has 0 unspecified atom stereocenters. The highest BCUT2D eigenvalue weighted by Crippen LogP contribution is 2.35. The van der Waals surface area contributed by atoms with Gasteiger partial charge in [0.05, 0.1) is 38.8 Å². The van der Waals surface area contributed by atoms with Gasteiger partial charge >= 0.3 is 6.09 Å². The minimum absolute atomic E-state index is 0.0829. The number of furan rings is 1. The number of pyridine rings is 1. The van der Waals surface area contributed by atoms with Gasteiger partial charge in [0.15, 0.2) is 5.82 Å². The number of unbranched alkanes of at least 4 members (excludes halogenated alkanes) is 1. The van der Waals surface area contributed by atoms with Crippen LogP contribution in [-0.2, 0) is 30.7 Å². The number of cyclic esters (lactones) is 1. The molecule has 5 rings (SSSR count). The van der Waals surface area contributed by atoms with Gasteiger partial charge in [0.1, 0.15) is 12.4 Å². The number of hydrogen-bond acceptors (Lipinski definition) is 9. The minimum Gasteiger partial charge on any atom is -0.447 e. The maximum Gasteiger partial charge on any atom is 0.416 e. The molecule has 1 aliphatic heterocycles. The highest BCUT2D eigenvalue weighted by molar-refractivity contribution is 14.1. The number of aromatic nitrogens is 1. The normalized spacial score (nSPS) is 15.4. The molecule has 254 valence electrons. The van der Waals surface area contributed by atoms with Crippen LogP contribution in [-0.4, -0.2) is 75.4 Å². The number of carbonyl (C=O) groups excluding carboxylic acids is 3. The Morgan fingerprint density at radius 2 is 1.85 bits per heavy atom. The molecule has 12 nitrogen and oxygen atoms in total. The lowest BCUT2D eigenvalue weighted by Crippen LogP contribution is -2.44. The number of anilines is 1. The smallest absolute Gasteiger partial charge is 0.416 e. The molecular formula is C34H37IN4O8S. The first kappa shape index (κ1) is 35.3. The maximum atomic E-state index is 13.5. The largest absolute Gasteiger partial charge is 0.447 e. The molecule has 2 atom stereocenters. The van der Waals surface area contributed by atoms with Crippen molar-refractivity contribution in [2.24, 2.45) is 5.92 Å². The number of rotatable bonds is 14. The van der Waals surface area contributed by atoms with Crippen molar-refractivity contribution in [3.63, 3.8) is 0 Å². The van der Waals surface area contributed by atoms with Gasteiger partial charge in [-0.2, -0.15) is 4.98 Å². The zero-order valence-corrected chi connectivity index (χ0v) is 29.8. The highest BCUT2D eigenvalue weighted by Gasteiger charge is 2.40. The number of methoxy groups -OCH3 is 1. The first-order chi connectivity index (χ1) is 23.0. The molecule has 48 heavy (non-hydrogen) atoms. The Morgan fingerprint density at radius 3 is 2.54 bits per heavy atom. The number of aryl methyl sites for hydroxylation is 1. The molecule has 4 aromatic rings. The van der Waals surface area contributed by atoms with Crippen molar-refractivity contribution in [2.75, 3.05) is 37.8 Å². The van der Waals surface area contributed by atoms with Gasteiger partial charge in [-0.3, -0.25) is 14.3 Å². The van der Waals surface area contributed by atoms with Crippen LogP contribution >= 0.6 is 22.6 Å². The summed E-state index contributed by atoms with van der Waals surface area (Å²) in [6.07, 6.45) is 0.752. The van der Waals surface area contributed by atoms with Gasteiger partial charge in [-0.15, -0.1) is 0 Å². The van der Waals surface area contributed by atoms with E-state index in [4.69, 9.17) is 13.9 Å². The monoisotopic (exact) mass is 788 g/mol. The number of sulfonamides is 1. The molecule has 2 aromatic heterocycles. The van der Waals surface area contributed by atoms with Crippen molar-refractivity contribution in [2.45, 2.75) is 38.6 Å². The fourth-order valence-electron chi connectivity index (χ4n) is 5.65. The zero-order valence-electron chi connectivity index (χ0n) is 26.8. The van der Waals surface area contributed by atoms with Crippen LogP contribution in [0.2, 0.25) is 0 Å². The molecule has 1 aliphatic rings. The van der Waals surface area contributed by atoms with Crippen molar-refractivity contribution in [3.8, 4) is 11.3 Å². The number of imide groups is 1. The summed E-state index contributed by atoms with van der Waals surface area (Å²) in [5.74, 6) is -1.20. The number of nitrogens with zero attached hydrogens (tertiary/aromatic N) is 2. The second-order valence-electron chi connectivity index (χ2n) is 11.6. The van der Waals surface area contributed by atoms with Gasteiger partial charge in [-0.05, 0) is 60.4 Å². The van der Waals surface area contributed by atoms with Crippen molar-refractivity contribution in [1.82, 2.24) is 15.2 Å². The van der Waals surface area contributed by atoms with Crippen LogP contribution in [0.5, 0.6) is 0 Å². The fourth-order valence-corrected chi connectivity index (χ4v) is 7.54. The van der Waals surface area contributed by atoms with E-state index >= 15 is 0 Å². The maximum absolute atomic E-state index is 13.5. The number of benzene rings is 2. The number of halogens is 1. The van der Waals surface area contributed by atoms with Crippen LogP contribution in [0, 0.1) is 16.4 Å². The van der Waals surface area contributed by atoms with Gasteiger partial charge in [0.2, 0.25) is 21.6 Å². The molecule has 2 aromatic carbocycles. The summed E-state index contributed by atoms with van der Waals surface area (Å²) in [6.45, 7) is 2.15. The van der Waals surface area contributed by atoms with Gasteiger partial charge < -0.3 is 19.2 Å². The predicted octanol–water partition coefficient (Wildman–Crippen LogP) is 5.53. The standard InChI is InChI=1S/C34H37IN4O8S/c1-21-12-14-23(15-13-21)29-28(31(40)36-2)26-18-27(35)30(37-32(26)47-29)38-48(43,44)16-8-7-11-24(19-45-3)33(41)39-25(20-46-34(39)42)17-22-9-5-4-6-10-22/h4-6,9-10,12-15,18,24-25H,7-8,11,16-17,19-20H2,1-3H3,(H,36,40)(H,37,38)/t24-,25+/m1/s1. The molecule has 0 bridgehead atoms. The van der Waals surface area contributed by atoms with E-state index in [2.05, 4.69) is 15.0 Å². The third-order valence-electron chi connectivity index (χ3n) is 8.10. The van der Waals surface area contributed by atoms with Gasteiger partial charge in [0, 0.05) is 19.7 Å². The van der Waals surface area contributed by atoms with Crippen molar-refractivity contribution >= 4 is 67.4 Å². The van der Waals surface area contributed by atoms with Crippen LogP contribution in [0.1, 0.15) is 40.7 Å². The summed E-state index contributed by atoms with van der Waals surface area (Å²) in [5, 5.41) is 3.10. The molecule has 1 saturated heterocycles. The minimum atomic E-state index is -3.84. The topological polar surface area (TPSA) is 157 Å². The van der Waals surface area contributed by atoms with Crippen molar-refractivity contribution < 1.29 is 36.7 Å². The first-order valence-corrected chi connectivity index (χ1v) is 18.2. The lowest BCUT2D eigenvalue weighted by atomic mass is 9.99. The van der Waals surface area contributed by atoms with E-state index in [1.54, 1.807) is 6.07 Å². The SMILES string of the molecule is CNC(=O)c1c(-c2ccc(C)cc2)oc2nc(NS(=O)(=O)CCCC[C@H](COC)C(=O)N3C(=O)OC[C@@H]3Cc3ccccc3)c(I)cc12. The predicted molar refractivity (Wildman–Crippen MR) is 189 cm³/mol. The summed E-state index contributed by atoms with van der Waals surface area (Å²) in [5.41, 5.74) is 3.14. The van der Waals surface area contributed by atoms with E-state index in [1.807, 2.05) is 84.1 Å². The molecule has 3 amide bonds. The lowest BCUT2D eigenvalue weighted by molar-refractivity contribution is -0.135. The van der Waals surface area contributed by atoms with E-state index < -0.39 is 34.0 Å². The summed E-state index contributed by atoms with van der Waals surface area (Å²) >= 11 is 1.97. The van der Waals surface area contributed by atoms with E-state index in [0.29, 0.717) is 45.1 Å². The molecule has 14 heteroatoms. The average molecular weight is 789 g/mol. The van der Waals surface area contributed by atoms with E-state index in [-0.39, 0.29) is 42.8 Å². The zero-order chi connectivity index (χ0) is 34.4. The second-order valence-corrected chi connectivity index (χ2v) is 14.6. The van der Waals surface area contributed by atoms with Gasteiger partial charge in [-0.1, -0.05) is 66.6 Å². The molecule has 0 spiro atoms. The fraction of sp³-hybridized carbons (Fsp3) is 0.353. The molecule has 0 radical (unpaired) electrons. The number of amides is 3. The van der Waals surface area contributed by atoms with E-state index in [1.165, 1.54) is 19.1 Å². The number of ether oxygens (including phenoxy) is 2. The quantitative estimate of drug-likeness (QED) is 0.124. The number of fused-ring (bicyclic) bond motifs is 1. The molecular weight excluding hydrogens is 751 g/mol. The summed E-state index contributed by atoms with van der Waals surface area (Å²) in [6, 6.07) is 18.3. The Bertz CT molecular complexity index is 1900. The summed E-state index contributed by atoms with van der Waals surface area (Å²) in [4.78, 5) is 44.5.